The van der Waals surface area contributed by atoms with Gasteiger partial charge in [0, 0.05) is 0 Å². The van der Waals surface area contributed by atoms with E-state index in [0.717, 1.165) is 0 Å². The van der Waals surface area contributed by atoms with E-state index in [9.17, 15) is 0 Å². The Labute approximate surface area is 103 Å². The van der Waals surface area contributed by atoms with Crippen molar-refractivity contribution in [3.8, 4) is 0 Å². The van der Waals surface area contributed by atoms with Gasteiger partial charge in [0.1, 0.15) is 12.4 Å². The molecule has 8 heteroatoms. The number of ether oxygens (including phenoxy) is 2. The number of nitrogen functional groups attached to an aromatic ring is 1. The molecule has 3 heterocycles. The molecule has 0 amide bonds. The predicted molar refractivity (Wildman–Crippen MR) is 62.4 cm³/mol. The first-order chi connectivity index (χ1) is 8.53. The molecule has 1 aliphatic heterocycles. The van der Waals surface area contributed by atoms with Crippen LogP contribution >= 0.6 is 0 Å². The Balaban J connectivity index is 1.81. The topological polar surface area (TPSA) is 101 Å². The molecule has 0 unspecified atom stereocenters. The van der Waals surface area contributed by atoms with Crippen molar-refractivity contribution in [1.82, 2.24) is 25.0 Å². The zero-order valence-corrected chi connectivity index (χ0v) is 10.2. The standard InChI is InChI=1S/C10H14N6O2/c1-10(2)17-4-6(18-10)3-16-14-7-8(11)12-5-13-9(7)15-16/h5-6H,3-4H2,1-2H3,(H2,11,12,13,15)/t6-/m0/s1. The summed E-state index contributed by atoms with van der Waals surface area (Å²) in [6, 6.07) is 0. The SMILES string of the molecule is CC1(C)OC[C@H](Cn2nc3ncnc(N)c3n2)O1. The van der Waals surface area contributed by atoms with Crippen LogP contribution in [0.2, 0.25) is 0 Å². The van der Waals surface area contributed by atoms with Gasteiger partial charge in [0.2, 0.25) is 5.65 Å². The molecule has 96 valence electrons. The second kappa shape index (κ2) is 3.85. The van der Waals surface area contributed by atoms with Crippen LogP contribution in [0.15, 0.2) is 6.33 Å². The summed E-state index contributed by atoms with van der Waals surface area (Å²) in [6.07, 6.45) is 1.30. The van der Waals surface area contributed by atoms with Crippen molar-refractivity contribution in [2.45, 2.75) is 32.3 Å². The van der Waals surface area contributed by atoms with E-state index in [1.165, 1.54) is 11.1 Å². The van der Waals surface area contributed by atoms with E-state index in [0.29, 0.717) is 30.1 Å². The lowest BCUT2D eigenvalue weighted by Crippen LogP contribution is -2.24. The molecule has 2 aromatic rings. The second-order valence-corrected chi connectivity index (χ2v) is 4.64. The fourth-order valence-electron chi connectivity index (χ4n) is 1.92. The van der Waals surface area contributed by atoms with Gasteiger partial charge in [-0.05, 0) is 13.8 Å². The Morgan fingerprint density at radius 2 is 2.28 bits per heavy atom. The lowest BCUT2D eigenvalue weighted by atomic mass is 10.4. The Morgan fingerprint density at radius 1 is 1.44 bits per heavy atom. The molecule has 0 aromatic carbocycles. The fourth-order valence-corrected chi connectivity index (χ4v) is 1.92. The number of anilines is 1. The van der Waals surface area contributed by atoms with Crippen LogP contribution in [0, 0.1) is 0 Å². The van der Waals surface area contributed by atoms with E-state index < -0.39 is 5.79 Å². The summed E-state index contributed by atoms with van der Waals surface area (Å²) < 4.78 is 11.2. The van der Waals surface area contributed by atoms with Crippen LogP contribution in [0.5, 0.6) is 0 Å². The zero-order chi connectivity index (χ0) is 12.8. The van der Waals surface area contributed by atoms with Gasteiger partial charge in [0.05, 0.1) is 13.2 Å². The summed E-state index contributed by atoms with van der Waals surface area (Å²) in [6.45, 7) is 4.78. The normalized spacial score (nSPS) is 22.7. The summed E-state index contributed by atoms with van der Waals surface area (Å²) in [4.78, 5) is 9.40. The molecule has 0 aliphatic carbocycles. The number of nitrogens with two attached hydrogens (primary N) is 1. The van der Waals surface area contributed by atoms with E-state index in [2.05, 4.69) is 20.2 Å². The van der Waals surface area contributed by atoms with Gasteiger partial charge in [-0.25, -0.2) is 9.97 Å². The predicted octanol–water partition coefficient (Wildman–Crippen LogP) is -0.0450. The third-order valence-corrected chi connectivity index (χ3v) is 2.69. The molecule has 8 nitrogen and oxygen atoms in total. The number of rotatable bonds is 2. The van der Waals surface area contributed by atoms with Crippen molar-refractivity contribution in [1.29, 1.82) is 0 Å². The Hall–Kier alpha value is -1.80. The first kappa shape index (κ1) is 11.3. The molecule has 1 saturated heterocycles. The average molecular weight is 250 g/mol. The molecule has 2 aromatic heterocycles. The van der Waals surface area contributed by atoms with Crippen LogP contribution < -0.4 is 5.73 Å². The highest BCUT2D eigenvalue weighted by Gasteiger charge is 2.33. The van der Waals surface area contributed by atoms with Gasteiger partial charge in [-0.3, -0.25) is 0 Å². The van der Waals surface area contributed by atoms with Crippen molar-refractivity contribution in [3.63, 3.8) is 0 Å². The second-order valence-electron chi connectivity index (χ2n) is 4.64. The van der Waals surface area contributed by atoms with Gasteiger partial charge in [-0.2, -0.15) is 4.80 Å². The van der Waals surface area contributed by atoms with Gasteiger partial charge in [-0.1, -0.05) is 0 Å². The minimum absolute atomic E-state index is 0.0732. The monoisotopic (exact) mass is 250 g/mol. The van der Waals surface area contributed by atoms with Gasteiger partial charge in [0.25, 0.3) is 0 Å². The van der Waals surface area contributed by atoms with Crippen LogP contribution in [0.3, 0.4) is 0 Å². The summed E-state index contributed by atoms with van der Waals surface area (Å²) >= 11 is 0. The van der Waals surface area contributed by atoms with E-state index in [-0.39, 0.29) is 6.10 Å². The molecule has 0 spiro atoms. The molecule has 1 fully saturated rings. The smallest absolute Gasteiger partial charge is 0.207 e. The first-order valence-electron chi connectivity index (χ1n) is 5.66. The van der Waals surface area contributed by atoms with Crippen molar-refractivity contribution in [2.75, 3.05) is 12.3 Å². The quantitative estimate of drug-likeness (QED) is 0.797. The highest BCUT2D eigenvalue weighted by molar-refractivity contribution is 5.79. The molecule has 1 aliphatic rings. The van der Waals surface area contributed by atoms with Crippen LogP contribution in [0.1, 0.15) is 13.8 Å². The highest BCUT2D eigenvalue weighted by atomic mass is 16.7. The number of hydrogen-bond donors (Lipinski definition) is 1. The summed E-state index contributed by atoms with van der Waals surface area (Å²) in [5, 5.41) is 8.47. The Morgan fingerprint density at radius 3 is 2.94 bits per heavy atom. The minimum atomic E-state index is -0.546. The van der Waals surface area contributed by atoms with Crippen molar-refractivity contribution in [3.05, 3.63) is 6.33 Å². The maximum atomic E-state index is 5.70. The van der Waals surface area contributed by atoms with Crippen LogP contribution in [-0.4, -0.2) is 43.5 Å². The average Bonchev–Trinajstić information content (AvgIpc) is 2.83. The number of aromatic nitrogens is 5. The van der Waals surface area contributed by atoms with E-state index in [1.807, 2.05) is 13.8 Å². The molecule has 2 N–H and O–H groups in total. The molecule has 18 heavy (non-hydrogen) atoms. The van der Waals surface area contributed by atoms with Crippen LogP contribution in [0.4, 0.5) is 5.82 Å². The van der Waals surface area contributed by atoms with Crippen molar-refractivity contribution < 1.29 is 9.47 Å². The van der Waals surface area contributed by atoms with E-state index in [4.69, 9.17) is 15.2 Å². The summed E-state index contributed by atoms with van der Waals surface area (Å²) in [7, 11) is 0. The molecule has 1 atom stereocenters. The maximum Gasteiger partial charge on any atom is 0.207 e. The molecule has 0 saturated carbocycles. The molecule has 0 bridgehead atoms. The fraction of sp³-hybridized carbons (Fsp3) is 0.600. The van der Waals surface area contributed by atoms with Crippen molar-refractivity contribution in [2.24, 2.45) is 0 Å². The molecular weight excluding hydrogens is 236 g/mol. The molecule has 3 rings (SSSR count). The number of nitrogens with zero attached hydrogens (tertiary/aromatic N) is 5. The highest BCUT2D eigenvalue weighted by Crippen LogP contribution is 2.23. The van der Waals surface area contributed by atoms with Crippen LogP contribution in [-0.2, 0) is 16.0 Å². The lowest BCUT2D eigenvalue weighted by Gasteiger charge is -2.16. The summed E-state index contributed by atoms with van der Waals surface area (Å²) in [5.74, 6) is -0.217. The van der Waals surface area contributed by atoms with Gasteiger partial charge in [-0.15, -0.1) is 10.2 Å². The maximum absolute atomic E-state index is 5.70. The van der Waals surface area contributed by atoms with Crippen LogP contribution in [0.25, 0.3) is 11.2 Å². The molecule has 0 radical (unpaired) electrons. The lowest BCUT2D eigenvalue weighted by molar-refractivity contribution is -0.140. The minimum Gasteiger partial charge on any atom is -0.382 e. The van der Waals surface area contributed by atoms with Gasteiger partial charge in [0.15, 0.2) is 17.1 Å². The van der Waals surface area contributed by atoms with E-state index >= 15 is 0 Å². The zero-order valence-electron chi connectivity index (χ0n) is 10.2. The third kappa shape index (κ3) is 2.00. The Bertz CT molecular complexity index is 581. The summed E-state index contributed by atoms with van der Waals surface area (Å²) in [5.41, 5.74) is 6.69. The largest absolute Gasteiger partial charge is 0.382 e. The molecular formula is C10H14N6O2. The number of fused-ring (bicyclic) bond motifs is 1. The first-order valence-corrected chi connectivity index (χ1v) is 5.66. The Kier molecular flexibility index (Phi) is 2.42. The van der Waals surface area contributed by atoms with Gasteiger partial charge < -0.3 is 15.2 Å². The van der Waals surface area contributed by atoms with E-state index in [1.54, 1.807) is 0 Å². The third-order valence-electron chi connectivity index (χ3n) is 2.69. The number of hydrogen-bond acceptors (Lipinski definition) is 7. The van der Waals surface area contributed by atoms with Crippen molar-refractivity contribution >= 4 is 17.0 Å². The van der Waals surface area contributed by atoms with Gasteiger partial charge >= 0.3 is 0 Å².